The summed E-state index contributed by atoms with van der Waals surface area (Å²) in [5, 5.41) is 36.5. The van der Waals surface area contributed by atoms with Crippen molar-refractivity contribution in [3.8, 4) is 11.5 Å². The van der Waals surface area contributed by atoms with E-state index in [1.165, 1.54) is 42.6 Å². The maximum atomic E-state index is 12.1. The van der Waals surface area contributed by atoms with Crippen LogP contribution in [0.5, 0.6) is 11.5 Å². The van der Waals surface area contributed by atoms with Crippen molar-refractivity contribution >= 4 is 29.2 Å². The second-order valence-electron chi connectivity index (χ2n) is 6.34. The topological polar surface area (TPSA) is 180 Å². The molecular weight excluding hydrogens is 438 g/mol. The standard InChI is InChI=1S/C20H13N5O8/c26-20(14-4-6-15(7-5-14)23(27)28)22-21-12-13-2-1-3-17(10-13)33-19-9-8-16(24(29)30)11-18(19)25(31)32/h1-12H,(H,22,26)/b21-12+. The molecule has 0 aliphatic rings. The Hall–Kier alpha value is -5.20. The van der Waals surface area contributed by atoms with Crippen molar-refractivity contribution < 1.29 is 24.3 Å². The molecule has 33 heavy (non-hydrogen) atoms. The van der Waals surface area contributed by atoms with Crippen LogP contribution in [-0.4, -0.2) is 26.9 Å². The second-order valence-corrected chi connectivity index (χ2v) is 6.34. The fourth-order valence-corrected chi connectivity index (χ4v) is 2.60. The number of nitro groups is 3. The lowest BCUT2D eigenvalue weighted by molar-refractivity contribution is -0.394. The molecule has 13 heteroatoms. The van der Waals surface area contributed by atoms with Crippen LogP contribution >= 0.6 is 0 Å². The van der Waals surface area contributed by atoms with Crippen LogP contribution in [0.25, 0.3) is 0 Å². The molecule has 0 unspecified atom stereocenters. The number of hydrogen-bond acceptors (Lipinski definition) is 9. The van der Waals surface area contributed by atoms with E-state index < -0.39 is 32.1 Å². The Bertz CT molecular complexity index is 1270. The molecule has 1 N–H and O–H groups in total. The molecule has 13 nitrogen and oxygen atoms in total. The van der Waals surface area contributed by atoms with Crippen LogP contribution in [0.4, 0.5) is 17.1 Å². The molecule has 1 amide bonds. The summed E-state index contributed by atoms with van der Waals surface area (Å²) in [7, 11) is 0. The van der Waals surface area contributed by atoms with Gasteiger partial charge in [0.25, 0.3) is 17.3 Å². The lowest BCUT2D eigenvalue weighted by Crippen LogP contribution is -2.17. The summed E-state index contributed by atoms with van der Waals surface area (Å²) in [6, 6.07) is 14.2. The van der Waals surface area contributed by atoms with E-state index in [1.54, 1.807) is 12.1 Å². The second kappa shape index (κ2) is 9.74. The van der Waals surface area contributed by atoms with Gasteiger partial charge in [-0.2, -0.15) is 5.10 Å². The Kier molecular flexibility index (Phi) is 6.64. The number of ether oxygens (including phenoxy) is 1. The van der Waals surface area contributed by atoms with Gasteiger partial charge in [-0.15, -0.1) is 0 Å². The zero-order valence-corrected chi connectivity index (χ0v) is 16.5. The van der Waals surface area contributed by atoms with Gasteiger partial charge in [0.05, 0.1) is 27.1 Å². The van der Waals surface area contributed by atoms with E-state index >= 15 is 0 Å². The number of nitrogens with one attached hydrogen (secondary N) is 1. The first kappa shape index (κ1) is 22.5. The number of carbonyl (C=O) groups excluding carboxylic acids is 1. The van der Waals surface area contributed by atoms with E-state index in [9.17, 15) is 35.1 Å². The van der Waals surface area contributed by atoms with Gasteiger partial charge in [-0.1, -0.05) is 12.1 Å². The molecule has 3 rings (SSSR count). The Morgan fingerprint density at radius 3 is 2.15 bits per heavy atom. The highest BCUT2D eigenvalue weighted by molar-refractivity contribution is 5.95. The van der Waals surface area contributed by atoms with Crippen molar-refractivity contribution in [2.24, 2.45) is 5.10 Å². The first-order valence-corrected chi connectivity index (χ1v) is 9.03. The molecule has 0 radical (unpaired) electrons. The van der Waals surface area contributed by atoms with Crippen molar-refractivity contribution in [1.82, 2.24) is 5.43 Å². The third-order valence-electron chi connectivity index (χ3n) is 4.16. The minimum atomic E-state index is -0.790. The van der Waals surface area contributed by atoms with Crippen molar-refractivity contribution in [2.45, 2.75) is 0 Å². The fourth-order valence-electron chi connectivity index (χ4n) is 2.60. The molecule has 166 valence electrons. The lowest BCUT2D eigenvalue weighted by atomic mass is 10.2. The molecule has 3 aromatic carbocycles. The predicted molar refractivity (Wildman–Crippen MR) is 114 cm³/mol. The molecule has 0 fully saturated rings. The number of rotatable bonds is 8. The molecule has 3 aromatic rings. The predicted octanol–water partition coefficient (Wildman–Crippen LogP) is 3.97. The highest BCUT2D eigenvalue weighted by Gasteiger charge is 2.21. The average Bonchev–Trinajstić information content (AvgIpc) is 2.79. The van der Waals surface area contributed by atoms with E-state index in [0.29, 0.717) is 5.56 Å². The molecule has 0 aliphatic heterocycles. The third kappa shape index (κ3) is 5.69. The summed E-state index contributed by atoms with van der Waals surface area (Å²) in [6.07, 6.45) is 1.29. The van der Waals surface area contributed by atoms with Gasteiger partial charge in [0.15, 0.2) is 0 Å². The average molecular weight is 451 g/mol. The van der Waals surface area contributed by atoms with Crippen LogP contribution in [0.2, 0.25) is 0 Å². The number of carbonyl (C=O) groups is 1. The van der Waals surface area contributed by atoms with E-state index in [0.717, 1.165) is 18.2 Å². The highest BCUT2D eigenvalue weighted by Crippen LogP contribution is 2.34. The van der Waals surface area contributed by atoms with Gasteiger partial charge in [-0.3, -0.25) is 35.1 Å². The van der Waals surface area contributed by atoms with E-state index in [-0.39, 0.29) is 22.7 Å². The fraction of sp³-hybridized carbons (Fsp3) is 0. The zero-order chi connectivity index (χ0) is 24.0. The van der Waals surface area contributed by atoms with Crippen LogP contribution < -0.4 is 10.2 Å². The van der Waals surface area contributed by atoms with E-state index in [2.05, 4.69) is 10.5 Å². The zero-order valence-electron chi connectivity index (χ0n) is 16.5. The van der Waals surface area contributed by atoms with Crippen LogP contribution in [0.15, 0.2) is 71.8 Å². The smallest absolute Gasteiger partial charge is 0.318 e. The molecule has 0 aromatic heterocycles. The maximum Gasteiger partial charge on any atom is 0.318 e. The van der Waals surface area contributed by atoms with Crippen LogP contribution in [0.3, 0.4) is 0 Å². The van der Waals surface area contributed by atoms with Gasteiger partial charge in [0.1, 0.15) is 5.75 Å². The highest BCUT2D eigenvalue weighted by atomic mass is 16.6. The Balaban J connectivity index is 1.70. The van der Waals surface area contributed by atoms with Gasteiger partial charge in [0, 0.05) is 23.8 Å². The maximum absolute atomic E-state index is 12.1. The van der Waals surface area contributed by atoms with Crippen molar-refractivity contribution in [3.05, 3.63) is 108 Å². The molecule has 0 bridgehead atoms. The number of hydrogen-bond donors (Lipinski definition) is 1. The molecule has 0 saturated heterocycles. The molecule has 0 heterocycles. The van der Waals surface area contributed by atoms with Gasteiger partial charge >= 0.3 is 5.69 Å². The number of nitro benzene ring substituents is 3. The Morgan fingerprint density at radius 2 is 1.52 bits per heavy atom. The normalized spacial score (nSPS) is 10.5. The Labute approximate surface area is 184 Å². The summed E-state index contributed by atoms with van der Waals surface area (Å²) in [5.41, 5.74) is 1.74. The SMILES string of the molecule is O=C(N/N=C/c1cccc(Oc2ccc([N+](=O)[O-])cc2[N+](=O)[O-])c1)c1ccc([N+](=O)[O-])cc1. The summed E-state index contributed by atoms with van der Waals surface area (Å²) >= 11 is 0. The summed E-state index contributed by atoms with van der Waals surface area (Å²) in [5.74, 6) is -0.584. The molecule has 0 spiro atoms. The van der Waals surface area contributed by atoms with E-state index in [4.69, 9.17) is 4.74 Å². The molecule has 0 saturated carbocycles. The van der Waals surface area contributed by atoms with E-state index in [1.807, 2.05) is 0 Å². The van der Waals surface area contributed by atoms with Gasteiger partial charge in [-0.25, -0.2) is 5.43 Å². The third-order valence-corrected chi connectivity index (χ3v) is 4.16. The largest absolute Gasteiger partial charge is 0.450 e. The van der Waals surface area contributed by atoms with Crippen LogP contribution in [-0.2, 0) is 0 Å². The van der Waals surface area contributed by atoms with Gasteiger partial charge < -0.3 is 4.74 Å². The summed E-state index contributed by atoms with van der Waals surface area (Å²) in [4.78, 5) is 42.7. The van der Waals surface area contributed by atoms with Crippen molar-refractivity contribution in [2.75, 3.05) is 0 Å². The minimum Gasteiger partial charge on any atom is -0.450 e. The lowest BCUT2D eigenvalue weighted by Gasteiger charge is -2.07. The molecular formula is C20H13N5O8. The summed E-state index contributed by atoms with van der Waals surface area (Å²) in [6.45, 7) is 0. The number of nitrogens with zero attached hydrogens (tertiary/aromatic N) is 4. The Morgan fingerprint density at radius 1 is 0.848 bits per heavy atom. The van der Waals surface area contributed by atoms with Crippen LogP contribution in [0.1, 0.15) is 15.9 Å². The first-order chi connectivity index (χ1) is 15.7. The van der Waals surface area contributed by atoms with Gasteiger partial charge in [-0.05, 0) is 35.9 Å². The number of non-ortho nitro benzene ring substituents is 2. The summed E-state index contributed by atoms with van der Waals surface area (Å²) < 4.78 is 5.51. The number of benzene rings is 3. The molecule has 0 atom stereocenters. The van der Waals surface area contributed by atoms with Crippen LogP contribution in [0, 0.1) is 30.3 Å². The van der Waals surface area contributed by atoms with Crippen molar-refractivity contribution in [1.29, 1.82) is 0 Å². The number of hydrazone groups is 1. The minimum absolute atomic E-state index is 0.153. The molecule has 0 aliphatic carbocycles. The van der Waals surface area contributed by atoms with Crippen molar-refractivity contribution in [3.63, 3.8) is 0 Å². The quantitative estimate of drug-likeness (QED) is 0.303. The monoisotopic (exact) mass is 451 g/mol. The van der Waals surface area contributed by atoms with Gasteiger partial charge in [0.2, 0.25) is 5.75 Å². The number of amides is 1. The first-order valence-electron chi connectivity index (χ1n) is 9.03.